The Bertz CT molecular complexity index is 971. The van der Waals surface area contributed by atoms with E-state index in [-0.39, 0.29) is 0 Å². The third-order valence-corrected chi connectivity index (χ3v) is 5.90. The first-order valence-electron chi connectivity index (χ1n) is 12.9. The summed E-state index contributed by atoms with van der Waals surface area (Å²) >= 11 is 0. The molecule has 0 fully saturated rings. The quantitative estimate of drug-likeness (QED) is 0.379. The lowest BCUT2D eigenvalue weighted by Gasteiger charge is -2.18. The highest BCUT2D eigenvalue weighted by Gasteiger charge is 2.25. The number of nitrogens with two attached hydrogens (primary N) is 1. The summed E-state index contributed by atoms with van der Waals surface area (Å²) in [7, 11) is 1.98. The Morgan fingerprint density at radius 3 is 2.17 bits per heavy atom. The summed E-state index contributed by atoms with van der Waals surface area (Å²) in [6.07, 6.45) is 13.9. The highest BCUT2D eigenvalue weighted by atomic mass is 14.8. The second-order valence-electron chi connectivity index (χ2n) is 8.78. The van der Waals surface area contributed by atoms with E-state index < -0.39 is 0 Å². The molecule has 3 atom stereocenters. The molecule has 1 aliphatic heterocycles. The van der Waals surface area contributed by atoms with Gasteiger partial charge in [-0.15, -0.1) is 0 Å². The highest BCUT2D eigenvalue weighted by Crippen LogP contribution is 2.35. The Labute approximate surface area is 221 Å². The van der Waals surface area contributed by atoms with Gasteiger partial charge in [-0.1, -0.05) is 101 Å². The monoisotopic (exact) mass is 487 g/mol. The van der Waals surface area contributed by atoms with Crippen LogP contribution >= 0.6 is 0 Å². The minimum atomic E-state index is 0.352. The van der Waals surface area contributed by atoms with Crippen molar-refractivity contribution >= 4 is 5.71 Å². The maximum absolute atomic E-state index is 4.66. The standard InChI is InChI=1S/C15H17N.C14H21N.C2H5N.C2H6/c1-10(2)12-8-9-14(11(3)4)16-15-7-5-6-13(12)15;1-5-11(2)10-13-6-8-14(9-7-13)12(3)15-4;1-2-3;1-2/h5-9,12-13H,1,3H2,2,4H3;6-9,12,15H,2,5,10H2,1,3-4H3;2H,1,3H2;1-2H3. The van der Waals surface area contributed by atoms with Crippen molar-refractivity contribution in [2.45, 2.75) is 60.4 Å². The van der Waals surface area contributed by atoms with Crippen LogP contribution in [-0.2, 0) is 6.42 Å². The first-order valence-corrected chi connectivity index (χ1v) is 12.9. The third-order valence-electron chi connectivity index (χ3n) is 5.90. The maximum atomic E-state index is 4.66. The molecule has 3 heteroatoms. The van der Waals surface area contributed by atoms with E-state index in [9.17, 15) is 0 Å². The number of hydrogen-bond donors (Lipinski definition) is 2. The molecule has 196 valence electrons. The third kappa shape index (κ3) is 11.0. The summed E-state index contributed by atoms with van der Waals surface area (Å²) < 4.78 is 0. The van der Waals surface area contributed by atoms with E-state index in [4.69, 9.17) is 0 Å². The molecule has 0 saturated heterocycles. The van der Waals surface area contributed by atoms with Crippen molar-refractivity contribution in [1.82, 2.24) is 5.32 Å². The molecule has 3 N–H and O–H groups in total. The van der Waals surface area contributed by atoms with Crippen LogP contribution in [0.1, 0.15) is 65.1 Å². The number of rotatable bonds is 7. The molecule has 3 nitrogen and oxygen atoms in total. The Hall–Kier alpha value is -3.17. The lowest BCUT2D eigenvalue weighted by Crippen LogP contribution is -2.12. The second kappa shape index (κ2) is 18.1. The van der Waals surface area contributed by atoms with Crippen molar-refractivity contribution in [3.63, 3.8) is 0 Å². The van der Waals surface area contributed by atoms with Gasteiger partial charge in [-0.05, 0) is 75.7 Å². The Balaban J connectivity index is 0.000000579. The molecule has 1 aromatic rings. The maximum Gasteiger partial charge on any atom is 0.0653 e. The number of aliphatic imine (C=N–C) groups is 1. The van der Waals surface area contributed by atoms with Crippen LogP contribution in [0, 0.1) is 11.8 Å². The molecular formula is C33H49N3. The van der Waals surface area contributed by atoms with Crippen molar-refractivity contribution in [2.24, 2.45) is 22.6 Å². The highest BCUT2D eigenvalue weighted by molar-refractivity contribution is 6.08. The lowest BCUT2D eigenvalue weighted by molar-refractivity contribution is 0.616. The number of hydrogen-bond acceptors (Lipinski definition) is 3. The fourth-order valence-corrected chi connectivity index (χ4v) is 3.60. The largest absolute Gasteiger partial charge is 0.405 e. The number of allylic oxidation sites excluding steroid dienone is 8. The fraction of sp³-hybridized carbons (Fsp3) is 0.364. The molecule has 0 spiro atoms. The van der Waals surface area contributed by atoms with Crippen LogP contribution in [0.4, 0.5) is 0 Å². The molecule has 0 radical (unpaired) electrons. The van der Waals surface area contributed by atoms with E-state index in [2.05, 4.69) is 118 Å². The van der Waals surface area contributed by atoms with Gasteiger partial charge >= 0.3 is 0 Å². The zero-order chi connectivity index (χ0) is 27.7. The smallest absolute Gasteiger partial charge is 0.0653 e. The Morgan fingerprint density at radius 1 is 1.11 bits per heavy atom. The molecule has 1 heterocycles. The molecule has 1 aromatic carbocycles. The summed E-state index contributed by atoms with van der Waals surface area (Å²) in [6, 6.07) is 9.21. The summed E-state index contributed by atoms with van der Waals surface area (Å²) in [5.41, 5.74) is 12.9. The molecular weight excluding hydrogens is 438 g/mol. The molecule has 0 saturated carbocycles. The van der Waals surface area contributed by atoms with Gasteiger partial charge in [-0.25, -0.2) is 0 Å². The Kier molecular flexibility index (Phi) is 16.5. The summed E-state index contributed by atoms with van der Waals surface area (Å²) in [5.74, 6) is 0.705. The van der Waals surface area contributed by atoms with E-state index in [0.29, 0.717) is 17.9 Å². The van der Waals surface area contributed by atoms with Crippen LogP contribution in [0.3, 0.4) is 0 Å². The molecule has 0 bridgehead atoms. The topological polar surface area (TPSA) is 50.4 Å². The van der Waals surface area contributed by atoms with Gasteiger partial charge in [0, 0.05) is 23.6 Å². The van der Waals surface area contributed by atoms with Crippen LogP contribution in [0.5, 0.6) is 0 Å². The SMILES string of the molecule is C=C(C)C1=NC2=CC=CC2C(C(=C)C)C=C1.C=C(CC)Cc1ccc(C(C)NC)cc1.C=CN.CC. The average Bonchev–Trinajstić information content (AvgIpc) is 3.24. The van der Waals surface area contributed by atoms with Gasteiger partial charge in [0.15, 0.2) is 0 Å². The van der Waals surface area contributed by atoms with Crippen LogP contribution < -0.4 is 11.1 Å². The Morgan fingerprint density at radius 2 is 1.69 bits per heavy atom. The van der Waals surface area contributed by atoms with Gasteiger partial charge in [-0.2, -0.15) is 0 Å². The van der Waals surface area contributed by atoms with Crippen LogP contribution in [0.25, 0.3) is 0 Å². The lowest BCUT2D eigenvalue weighted by atomic mass is 9.86. The second-order valence-corrected chi connectivity index (χ2v) is 8.78. The molecule has 3 unspecified atom stereocenters. The predicted octanol–water partition coefficient (Wildman–Crippen LogP) is 8.43. The van der Waals surface area contributed by atoms with Crippen LogP contribution in [0.15, 0.2) is 115 Å². The van der Waals surface area contributed by atoms with Gasteiger partial charge in [0.1, 0.15) is 0 Å². The van der Waals surface area contributed by atoms with E-state index >= 15 is 0 Å². The molecule has 36 heavy (non-hydrogen) atoms. The first kappa shape index (κ1) is 32.8. The minimum absolute atomic E-state index is 0.352. The summed E-state index contributed by atoms with van der Waals surface area (Å²) in [5, 5.41) is 3.24. The van der Waals surface area contributed by atoms with Crippen molar-refractivity contribution < 1.29 is 0 Å². The minimum Gasteiger partial charge on any atom is -0.405 e. The zero-order valence-corrected chi connectivity index (χ0v) is 23.8. The number of fused-ring (bicyclic) bond motifs is 1. The number of nitrogens with zero attached hydrogens (tertiary/aromatic N) is 1. The first-order chi connectivity index (χ1) is 17.2. The van der Waals surface area contributed by atoms with Crippen molar-refractivity contribution in [2.75, 3.05) is 7.05 Å². The molecule has 3 rings (SSSR count). The van der Waals surface area contributed by atoms with Gasteiger partial charge in [0.05, 0.1) is 5.71 Å². The summed E-state index contributed by atoms with van der Waals surface area (Å²) in [6.45, 7) is 27.6. The zero-order valence-electron chi connectivity index (χ0n) is 23.8. The molecule has 0 amide bonds. The molecule has 1 aliphatic carbocycles. The molecule has 2 aliphatic rings. The van der Waals surface area contributed by atoms with E-state index in [1.54, 1.807) is 0 Å². The normalized spacial score (nSPS) is 17.6. The van der Waals surface area contributed by atoms with Crippen molar-refractivity contribution in [1.29, 1.82) is 0 Å². The van der Waals surface area contributed by atoms with Gasteiger partial charge in [-0.3, -0.25) is 4.99 Å². The van der Waals surface area contributed by atoms with Gasteiger partial charge < -0.3 is 11.1 Å². The van der Waals surface area contributed by atoms with Crippen molar-refractivity contribution in [3.05, 3.63) is 121 Å². The average molecular weight is 488 g/mol. The van der Waals surface area contributed by atoms with E-state index in [1.807, 2.05) is 27.8 Å². The number of nitrogens with one attached hydrogen (secondary N) is 1. The van der Waals surface area contributed by atoms with Crippen LogP contribution in [-0.4, -0.2) is 12.8 Å². The van der Waals surface area contributed by atoms with Crippen LogP contribution in [0.2, 0.25) is 0 Å². The summed E-state index contributed by atoms with van der Waals surface area (Å²) in [4.78, 5) is 4.66. The van der Waals surface area contributed by atoms with E-state index in [1.165, 1.54) is 28.5 Å². The van der Waals surface area contributed by atoms with Gasteiger partial charge in [0.25, 0.3) is 0 Å². The van der Waals surface area contributed by atoms with Gasteiger partial charge in [0.2, 0.25) is 0 Å². The van der Waals surface area contributed by atoms with Crippen molar-refractivity contribution in [3.8, 4) is 0 Å². The predicted molar refractivity (Wildman–Crippen MR) is 163 cm³/mol. The van der Waals surface area contributed by atoms with E-state index in [0.717, 1.165) is 29.8 Å². The fourth-order valence-electron chi connectivity index (χ4n) is 3.60. The number of benzene rings is 1. The molecule has 0 aromatic heterocycles.